The third kappa shape index (κ3) is 4.66. The first kappa shape index (κ1) is 20.6. The maximum absolute atomic E-state index is 13.3. The Hall–Kier alpha value is -3.11. The summed E-state index contributed by atoms with van der Waals surface area (Å²) in [4.78, 5) is 19.8. The van der Waals surface area contributed by atoms with E-state index in [0.717, 1.165) is 12.1 Å². The molecule has 0 radical (unpaired) electrons. The summed E-state index contributed by atoms with van der Waals surface area (Å²) in [5, 5.41) is 6.88. The van der Waals surface area contributed by atoms with Crippen molar-refractivity contribution in [2.24, 2.45) is 12.0 Å². The number of benzene rings is 1. The number of halogens is 4. The number of piperazine rings is 1. The van der Waals surface area contributed by atoms with Crippen LogP contribution in [0.4, 0.5) is 23.2 Å². The van der Waals surface area contributed by atoms with Gasteiger partial charge in [-0.2, -0.15) is 18.3 Å². The molecule has 0 aliphatic carbocycles. The summed E-state index contributed by atoms with van der Waals surface area (Å²) in [7, 11) is 3.23. The molecule has 0 atom stereocenters. The first-order valence-corrected chi connectivity index (χ1v) is 8.79. The Morgan fingerprint density at radius 1 is 1.31 bits per heavy atom. The predicted molar refractivity (Wildman–Crippen MR) is 98.7 cm³/mol. The lowest BCUT2D eigenvalue weighted by atomic mass is 10.1. The molecule has 11 heteroatoms. The van der Waals surface area contributed by atoms with Crippen molar-refractivity contribution in [2.75, 3.05) is 31.6 Å². The fourth-order valence-electron chi connectivity index (χ4n) is 3.15. The molecule has 7 nitrogen and oxygen atoms in total. The van der Waals surface area contributed by atoms with Crippen LogP contribution in [0.5, 0.6) is 0 Å². The largest absolute Gasteiger partial charge is 0.416 e. The third-order valence-electron chi connectivity index (χ3n) is 4.55. The van der Waals surface area contributed by atoms with Gasteiger partial charge in [-0.15, -0.1) is 0 Å². The van der Waals surface area contributed by atoms with Gasteiger partial charge in [0.15, 0.2) is 5.96 Å². The highest BCUT2D eigenvalue weighted by atomic mass is 19.4. The maximum atomic E-state index is 13.3. The van der Waals surface area contributed by atoms with E-state index in [4.69, 9.17) is 0 Å². The molecule has 1 aromatic heterocycles. The molecule has 2 aromatic rings. The van der Waals surface area contributed by atoms with Crippen molar-refractivity contribution < 1.29 is 22.4 Å². The molecule has 0 unspecified atom stereocenters. The van der Waals surface area contributed by atoms with Crippen LogP contribution >= 0.6 is 0 Å². The highest BCUT2D eigenvalue weighted by Crippen LogP contribution is 2.32. The number of aromatic nitrogens is 2. The van der Waals surface area contributed by atoms with Crippen LogP contribution in [0.1, 0.15) is 11.1 Å². The molecule has 0 spiro atoms. The lowest BCUT2D eigenvalue weighted by molar-refractivity contribution is -0.138. The molecule has 0 saturated carbocycles. The summed E-state index contributed by atoms with van der Waals surface area (Å²) < 4.78 is 54.3. The van der Waals surface area contributed by atoms with E-state index < -0.39 is 17.6 Å². The van der Waals surface area contributed by atoms with Crippen molar-refractivity contribution in [2.45, 2.75) is 12.7 Å². The molecule has 29 heavy (non-hydrogen) atoms. The van der Waals surface area contributed by atoms with Crippen LogP contribution in [-0.4, -0.2) is 53.2 Å². The number of carbonyl (C=O) groups is 1. The van der Waals surface area contributed by atoms with Crippen molar-refractivity contribution in [1.82, 2.24) is 20.0 Å². The number of aryl methyl sites for hydroxylation is 1. The second kappa shape index (κ2) is 8.10. The van der Waals surface area contributed by atoms with Gasteiger partial charge in [-0.05, 0) is 17.7 Å². The normalized spacial score (nSPS) is 15.8. The third-order valence-corrected chi connectivity index (χ3v) is 4.55. The van der Waals surface area contributed by atoms with E-state index in [1.165, 1.54) is 7.05 Å². The molecule has 2 heterocycles. The number of alkyl halides is 3. The standard InChI is InChI=1S/C18H20F4N6O/c1-23-17(24-8-12-3-4-13(19)7-15(12)18(20,21)22)27-5-6-28(16(29)11-27)14-9-25-26(2)10-14/h3-4,7,9-10H,5-6,8,11H2,1-2H3,(H,23,24). The van der Waals surface area contributed by atoms with Gasteiger partial charge in [0.2, 0.25) is 5.91 Å². The van der Waals surface area contributed by atoms with Crippen molar-refractivity contribution in [3.63, 3.8) is 0 Å². The molecule has 1 aliphatic heterocycles. The van der Waals surface area contributed by atoms with E-state index in [9.17, 15) is 22.4 Å². The molecule has 0 bridgehead atoms. The molecule has 3 rings (SSSR count). The minimum atomic E-state index is -4.67. The zero-order valence-corrected chi connectivity index (χ0v) is 15.9. The van der Waals surface area contributed by atoms with Crippen LogP contribution in [0.2, 0.25) is 0 Å². The fraction of sp³-hybridized carbons (Fsp3) is 0.389. The number of nitrogens with one attached hydrogen (secondary N) is 1. The quantitative estimate of drug-likeness (QED) is 0.476. The molecule has 1 amide bonds. The highest BCUT2D eigenvalue weighted by Gasteiger charge is 2.34. The minimum Gasteiger partial charge on any atom is -0.352 e. The molecule has 1 aromatic carbocycles. The predicted octanol–water partition coefficient (Wildman–Crippen LogP) is 2.00. The van der Waals surface area contributed by atoms with Gasteiger partial charge in [0, 0.05) is 39.9 Å². The van der Waals surface area contributed by atoms with Gasteiger partial charge in [0.25, 0.3) is 0 Å². The Morgan fingerprint density at radius 3 is 2.66 bits per heavy atom. The highest BCUT2D eigenvalue weighted by molar-refractivity contribution is 5.98. The summed E-state index contributed by atoms with van der Waals surface area (Å²) in [6.07, 6.45) is -1.35. The van der Waals surface area contributed by atoms with Crippen LogP contribution in [0.3, 0.4) is 0 Å². The fourth-order valence-corrected chi connectivity index (χ4v) is 3.15. The summed E-state index contributed by atoms with van der Waals surface area (Å²) in [5.74, 6) is -0.839. The van der Waals surface area contributed by atoms with Gasteiger partial charge in [-0.1, -0.05) is 6.07 Å². The van der Waals surface area contributed by atoms with Gasteiger partial charge in [-0.3, -0.25) is 14.5 Å². The lowest BCUT2D eigenvalue weighted by Crippen LogP contribution is -2.55. The molecule has 156 valence electrons. The Labute approximate surface area is 164 Å². The van der Waals surface area contributed by atoms with Gasteiger partial charge < -0.3 is 15.1 Å². The van der Waals surface area contributed by atoms with E-state index >= 15 is 0 Å². The van der Waals surface area contributed by atoms with Crippen LogP contribution in [0.15, 0.2) is 35.6 Å². The molecule has 1 saturated heterocycles. The molecule has 1 aliphatic rings. The first-order valence-electron chi connectivity index (χ1n) is 8.79. The van der Waals surface area contributed by atoms with Crippen molar-refractivity contribution in [1.29, 1.82) is 0 Å². The number of hydrogen-bond acceptors (Lipinski definition) is 3. The molecular formula is C18H20F4N6O. The van der Waals surface area contributed by atoms with Crippen LogP contribution in [0, 0.1) is 5.82 Å². The summed E-state index contributed by atoms with van der Waals surface area (Å²) in [6.45, 7) is 0.633. The Kier molecular flexibility index (Phi) is 5.76. The smallest absolute Gasteiger partial charge is 0.352 e. The average molecular weight is 412 g/mol. The Bertz CT molecular complexity index is 923. The van der Waals surface area contributed by atoms with E-state index in [1.807, 2.05) is 0 Å². The second-order valence-corrected chi connectivity index (χ2v) is 6.54. The van der Waals surface area contributed by atoms with Crippen molar-refractivity contribution >= 4 is 17.6 Å². The zero-order valence-electron chi connectivity index (χ0n) is 15.9. The van der Waals surface area contributed by atoms with E-state index in [2.05, 4.69) is 15.4 Å². The summed E-state index contributed by atoms with van der Waals surface area (Å²) in [6, 6.07) is 2.53. The molecule has 1 fully saturated rings. The number of hydrogen-bond donors (Lipinski definition) is 1. The summed E-state index contributed by atoms with van der Waals surface area (Å²) >= 11 is 0. The second-order valence-electron chi connectivity index (χ2n) is 6.54. The average Bonchev–Trinajstić information content (AvgIpc) is 3.08. The number of carbonyl (C=O) groups excluding carboxylic acids is 1. The van der Waals surface area contributed by atoms with Gasteiger partial charge in [0.05, 0.1) is 17.4 Å². The number of nitrogens with zero attached hydrogens (tertiary/aromatic N) is 5. The molecule has 1 N–H and O–H groups in total. The minimum absolute atomic E-state index is 0.0180. The molecular weight excluding hydrogens is 392 g/mol. The number of rotatable bonds is 3. The van der Waals surface area contributed by atoms with Gasteiger partial charge in [-0.25, -0.2) is 4.39 Å². The lowest BCUT2D eigenvalue weighted by Gasteiger charge is -2.35. The SMILES string of the molecule is CN=C(NCc1ccc(F)cc1C(F)(F)F)N1CCN(c2cnn(C)c2)C(=O)C1. The van der Waals surface area contributed by atoms with E-state index in [0.29, 0.717) is 30.8 Å². The maximum Gasteiger partial charge on any atom is 0.416 e. The van der Waals surface area contributed by atoms with Crippen LogP contribution < -0.4 is 10.2 Å². The summed E-state index contributed by atoms with van der Waals surface area (Å²) in [5.41, 5.74) is -0.473. The Balaban J connectivity index is 1.67. The van der Waals surface area contributed by atoms with E-state index in [1.54, 1.807) is 33.9 Å². The first-order chi connectivity index (χ1) is 13.7. The number of amides is 1. The van der Waals surface area contributed by atoms with Crippen molar-refractivity contribution in [3.05, 3.63) is 47.5 Å². The van der Waals surface area contributed by atoms with E-state index in [-0.39, 0.29) is 24.6 Å². The van der Waals surface area contributed by atoms with Gasteiger partial charge in [0.1, 0.15) is 12.4 Å². The monoisotopic (exact) mass is 412 g/mol. The van der Waals surface area contributed by atoms with Gasteiger partial charge >= 0.3 is 6.18 Å². The number of guanidine groups is 1. The van der Waals surface area contributed by atoms with Crippen molar-refractivity contribution in [3.8, 4) is 0 Å². The van der Waals surface area contributed by atoms with Crippen LogP contribution in [-0.2, 0) is 24.6 Å². The Morgan fingerprint density at radius 2 is 2.07 bits per heavy atom. The topological polar surface area (TPSA) is 65.8 Å². The van der Waals surface area contributed by atoms with Crippen LogP contribution in [0.25, 0.3) is 0 Å². The zero-order chi connectivity index (χ0) is 21.2. The number of aliphatic imine (C=N–C) groups is 1. The number of anilines is 1.